The predicted molar refractivity (Wildman–Crippen MR) is 58.4 cm³/mol. The second kappa shape index (κ2) is 5.83. The van der Waals surface area contributed by atoms with Crippen molar-refractivity contribution < 1.29 is 23.1 Å². The maximum absolute atomic E-state index is 12.6. The molecule has 0 aromatic heterocycles. The van der Waals surface area contributed by atoms with Crippen LogP contribution in [-0.4, -0.2) is 23.7 Å². The second-order valence-electron chi connectivity index (χ2n) is 3.66. The molecule has 0 aliphatic heterocycles. The van der Waals surface area contributed by atoms with Crippen LogP contribution in [0.5, 0.6) is 0 Å². The molecule has 1 atom stereocenters. The first kappa shape index (κ1) is 14.5. The lowest BCUT2D eigenvalue weighted by molar-refractivity contribution is -0.138. The number of aliphatic hydroxyl groups is 1. The number of nitrogens with two attached hydrogens (primary N) is 1. The number of alkyl halides is 3. The third-order valence-electron chi connectivity index (χ3n) is 2.31. The molecule has 1 unspecified atom stereocenters. The van der Waals surface area contributed by atoms with Gasteiger partial charge in [-0.1, -0.05) is 18.2 Å². The van der Waals surface area contributed by atoms with Crippen molar-refractivity contribution >= 4 is 5.91 Å². The van der Waals surface area contributed by atoms with E-state index in [1.807, 2.05) is 0 Å². The van der Waals surface area contributed by atoms with Gasteiger partial charge in [-0.25, -0.2) is 0 Å². The predicted octanol–water partition coefficient (Wildman–Crippen LogP) is 0.641. The normalized spacial score (nSPS) is 13.2. The number of hydrogen-bond acceptors (Lipinski definition) is 3. The topological polar surface area (TPSA) is 75.3 Å². The monoisotopic (exact) mass is 262 g/mol. The van der Waals surface area contributed by atoms with Crippen molar-refractivity contribution in [2.45, 2.75) is 18.8 Å². The van der Waals surface area contributed by atoms with Crippen LogP contribution in [0.1, 0.15) is 11.1 Å². The number of nitrogens with one attached hydrogen (secondary N) is 1. The molecule has 1 aromatic carbocycles. The van der Waals surface area contributed by atoms with Gasteiger partial charge in [0, 0.05) is 6.54 Å². The van der Waals surface area contributed by atoms with Crippen LogP contribution in [0.3, 0.4) is 0 Å². The molecule has 0 bridgehead atoms. The van der Waals surface area contributed by atoms with E-state index in [2.05, 4.69) is 5.32 Å². The number of rotatable bonds is 4. The number of amides is 1. The van der Waals surface area contributed by atoms with Crippen LogP contribution in [0.15, 0.2) is 24.3 Å². The van der Waals surface area contributed by atoms with Crippen molar-refractivity contribution in [2.75, 3.05) is 6.61 Å². The van der Waals surface area contributed by atoms with Gasteiger partial charge in [-0.3, -0.25) is 4.79 Å². The molecule has 18 heavy (non-hydrogen) atoms. The summed E-state index contributed by atoms with van der Waals surface area (Å²) in [5.74, 6) is -0.700. The smallest absolute Gasteiger partial charge is 0.394 e. The zero-order chi connectivity index (χ0) is 13.8. The molecular weight excluding hydrogens is 249 g/mol. The highest BCUT2D eigenvalue weighted by Gasteiger charge is 2.32. The zero-order valence-corrected chi connectivity index (χ0v) is 9.37. The molecule has 1 amide bonds. The quantitative estimate of drug-likeness (QED) is 0.745. The van der Waals surface area contributed by atoms with E-state index < -0.39 is 30.3 Å². The Bertz CT molecular complexity index is 421. The molecule has 0 saturated heterocycles. The molecule has 0 aliphatic carbocycles. The summed E-state index contributed by atoms with van der Waals surface area (Å²) in [5, 5.41) is 10.9. The van der Waals surface area contributed by atoms with Crippen LogP contribution in [0.25, 0.3) is 0 Å². The highest BCUT2D eigenvalue weighted by molar-refractivity contribution is 5.81. The van der Waals surface area contributed by atoms with Gasteiger partial charge in [0.05, 0.1) is 12.2 Å². The van der Waals surface area contributed by atoms with Crippen molar-refractivity contribution in [1.82, 2.24) is 5.32 Å². The number of aliphatic hydroxyl groups excluding tert-OH is 1. The number of carbonyl (C=O) groups is 1. The van der Waals surface area contributed by atoms with Crippen LogP contribution in [0.2, 0.25) is 0 Å². The van der Waals surface area contributed by atoms with Gasteiger partial charge in [-0.05, 0) is 11.6 Å². The summed E-state index contributed by atoms with van der Waals surface area (Å²) in [4.78, 5) is 11.2. The van der Waals surface area contributed by atoms with Crippen molar-refractivity contribution in [3.8, 4) is 0 Å². The van der Waals surface area contributed by atoms with Crippen LogP contribution in [0, 0.1) is 0 Å². The van der Waals surface area contributed by atoms with Crippen molar-refractivity contribution in [2.24, 2.45) is 5.73 Å². The molecular formula is C11H13F3N2O2. The third kappa shape index (κ3) is 3.71. The molecule has 0 radical (unpaired) electrons. The maximum Gasteiger partial charge on any atom is 0.416 e. The minimum absolute atomic E-state index is 0.0523. The Balaban J connectivity index is 2.77. The molecule has 4 N–H and O–H groups in total. The Morgan fingerprint density at radius 1 is 1.39 bits per heavy atom. The average molecular weight is 262 g/mol. The van der Waals surface area contributed by atoms with E-state index in [-0.39, 0.29) is 12.1 Å². The molecule has 0 saturated carbocycles. The van der Waals surface area contributed by atoms with Gasteiger partial charge in [0.15, 0.2) is 0 Å². The van der Waals surface area contributed by atoms with Gasteiger partial charge >= 0.3 is 6.18 Å². The lowest BCUT2D eigenvalue weighted by atomic mass is 10.1. The van der Waals surface area contributed by atoms with Crippen LogP contribution in [-0.2, 0) is 17.5 Å². The van der Waals surface area contributed by atoms with E-state index in [4.69, 9.17) is 10.8 Å². The first-order valence-electron chi connectivity index (χ1n) is 5.15. The van der Waals surface area contributed by atoms with Crippen LogP contribution in [0.4, 0.5) is 13.2 Å². The third-order valence-corrected chi connectivity index (χ3v) is 2.31. The van der Waals surface area contributed by atoms with E-state index in [9.17, 15) is 18.0 Å². The summed E-state index contributed by atoms with van der Waals surface area (Å²) in [6.45, 7) is -0.852. The fraction of sp³-hybridized carbons (Fsp3) is 0.364. The van der Waals surface area contributed by atoms with Gasteiger partial charge in [0.25, 0.3) is 0 Å². The lowest BCUT2D eigenvalue weighted by Crippen LogP contribution is -2.42. The largest absolute Gasteiger partial charge is 0.416 e. The molecule has 0 heterocycles. The molecule has 0 aliphatic rings. The van der Waals surface area contributed by atoms with Gasteiger partial charge in [-0.15, -0.1) is 0 Å². The molecule has 0 spiro atoms. The van der Waals surface area contributed by atoms with E-state index in [0.29, 0.717) is 0 Å². The first-order chi connectivity index (χ1) is 8.36. The molecule has 4 nitrogen and oxygen atoms in total. The van der Waals surface area contributed by atoms with Gasteiger partial charge in [0.2, 0.25) is 5.91 Å². The van der Waals surface area contributed by atoms with Gasteiger partial charge in [0.1, 0.15) is 6.04 Å². The summed E-state index contributed by atoms with van der Waals surface area (Å²) in [6.07, 6.45) is -4.47. The SMILES string of the molecule is NC(CO)C(=O)NCc1ccccc1C(F)(F)F. The Kier molecular flexibility index (Phi) is 4.69. The molecule has 1 rings (SSSR count). The Morgan fingerprint density at radius 3 is 2.56 bits per heavy atom. The highest BCUT2D eigenvalue weighted by Crippen LogP contribution is 2.31. The van der Waals surface area contributed by atoms with E-state index in [0.717, 1.165) is 6.07 Å². The molecule has 1 aromatic rings. The van der Waals surface area contributed by atoms with E-state index >= 15 is 0 Å². The first-order valence-corrected chi connectivity index (χ1v) is 5.15. The highest BCUT2D eigenvalue weighted by atomic mass is 19.4. The number of benzene rings is 1. The number of halogens is 3. The van der Waals surface area contributed by atoms with Crippen molar-refractivity contribution in [3.05, 3.63) is 35.4 Å². The van der Waals surface area contributed by atoms with E-state index in [1.54, 1.807) is 0 Å². The lowest BCUT2D eigenvalue weighted by Gasteiger charge is -2.14. The van der Waals surface area contributed by atoms with Gasteiger partial charge in [-0.2, -0.15) is 13.2 Å². The fourth-order valence-corrected chi connectivity index (χ4v) is 1.35. The Labute approximate surface area is 102 Å². The van der Waals surface area contributed by atoms with Crippen molar-refractivity contribution in [1.29, 1.82) is 0 Å². The maximum atomic E-state index is 12.6. The fourth-order valence-electron chi connectivity index (χ4n) is 1.35. The van der Waals surface area contributed by atoms with Crippen molar-refractivity contribution in [3.63, 3.8) is 0 Å². The Morgan fingerprint density at radius 2 is 2.00 bits per heavy atom. The molecule has 0 fully saturated rings. The van der Waals surface area contributed by atoms with Crippen LogP contribution < -0.4 is 11.1 Å². The minimum atomic E-state index is -4.47. The number of carbonyl (C=O) groups excluding carboxylic acids is 1. The molecule has 100 valence electrons. The summed E-state index contributed by atoms with van der Waals surface area (Å²) in [7, 11) is 0. The minimum Gasteiger partial charge on any atom is -0.394 e. The van der Waals surface area contributed by atoms with Crippen LogP contribution >= 0.6 is 0 Å². The number of hydrogen-bond donors (Lipinski definition) is 3. The summed E-state index contributed by atoms with van der Waals surface area (Å²) >= 11 is 0. The average Bonchev–Trinajstić information content (AvgIpc) is 2.34. The Hall–Kier alpha value is -1.60. The van der Waals surface area contributed by atoms with Gasteiger partial charge < -0.3 is 16.2 Å². The van der Waals surface area contributed by atoms with E-state index in [1.165, 1.54) is 18.2 Å². The molecule has 7 heteroatoms. The standard InChI is InChI=1S/C11H13F3N2O2/c12-11(13,14)8-4-2-1-3-7(8)5-16-10(18)9(15)6-17/h1-4,9,17H,5-6,15H2,(H,16,18). The summed E-state index contributed by atoms with van der Waals surface area (Å²) in [5.41, 5.74) is 4.36. The zero-order valence-electron chi connectivity index (χ0n) is 9.37. The summed E-state index contributed by atoms with van der Waals surface area (Å²) in [6, 6.07) is 3.79. The second-order valence-corrected chi connectivity index (χ2v) is 3.66. The summed E-state index contributed by atoms with van der Waals surface area (Å²) < 4.78 is 37.9.